The second kappa shape index (κ2) is 14.8. The van der Waals surface area contributed by atoms with Crippen LogP contribution in [0.1, 0.15) is 73.9 Å². The molecule has 0 spiro atoms. The van der Waals surface area contributed by atoms with E-state index in [1.807, 2.05) is 0 Å². The molecule has 2 aliphatic rings. The Morgan fingerprint density at radius 3 is 1.69 bits per heavy atom. The minimum atomic E-state index is -0.577. The van der Waals surface area contributed by atoms with Crippen molar-refractivity contribution in [3.63, 3.8) is 0 Å². The highest BCUT2D eigenvalue weighted by molar-refractivity contribution is 6.07. The quantitative estimate of drug-likeness (QED) is 0.159. The minimum Gasteiger partial charge on any atom is -0.456 e. The van der Waals surface area contributed by atoms with Crippen LogP contribution in [0.5, 0.6) is 0 Å². The highest BCUT2D eigenvalue weighted by Gasteiger charge is 2.47. The Hall–Kier alpha value is -7.42. The zero-order valence-corrected chi connectivity index (χ0v) is 37.5. The fourth-order valence-electron chi connectivity index (χ4n) is 11.5. The molecule has 0 saturated heterocycles. The summed E-state index contributed by atoms with van der Waals surface area (Å²) in [6.07, 6.45) is 2.27. The standard InChI is InChI=1S/C63H51NO/c1-61(2)37-38-62(3,4)60-50(27-18-29-55(60)61)52-40-51-48-25-14-16-28-54(48)63(44-21-10-6-11-22-44,45-23-12-7-13-24-45)56(51)41-57(52)64(46-33-31-43(32-34-46)42-19-8-5-9-20-42)47-35-36-59-53(39-47)49-26-15-17-30-58(49)65-59/h5-36,39-41H,37-38H2,1-4H3. The van der Waals surface area contributed by atoms with Gasteiger partial charge in [-0.3, -0.25) is 0 Å². The molecule has 0 aliphatic heterocycles. The molecular weight excluding hydrogens is 787 g/mol. The van der Waals surface area contributed by atoms with E-state index in [2.05, 4.69) is 245 Å². The third kappa shape index (κ3) is 6.07. The number of para-hydroxylation sites is 1. The average Bonchev–Trinajstić information content (AvgIpc) is 3.87. The molecule has 9 aromatic carbocycles. The largest absolute Gasteiger partial charge is 0.456 e. The molecule has 10 aromatic rings. The van der Waals surface area contributed by atoms with Gasteiger partial charge in [-0.05, 0) is 133 Å². The Balaban J connectivity index is 1.23. The number of furan rings is 1. The lowest BCUT2D eigenvalue weighted by Gasteiger charge is -2.43. The first-order valence-corrected chi connectivity index (χ1v) is 23.1. The molecule has 2 nitrogen and oxygen atoms in total. The molecule has 0 fully saturated rings. The van der Waals surface area contributed by atoms with E-state index in [0.717, 1.165) is 51.8 Å². The summed E-state index contributed by atoms with van der Waals surface area (Å²) in [6.45, 7) is 9.79. The van der Waals surface area contributed by atoms with Gasteiger partial charge in [0.1, 0.15) is 11.2 Å². The van der Waals surface area contributed by atoms with Crippen molar-refractivity contribution >= 4 is 39.0 Å². The van der Waals surface area contributed by atoms with Crippen molar-refractivity contribution in [1.82, 2.24) is 0 Å². The second-order valence-corrected chi connectivity index (χ2v) is 19.5. The van der Waals surface area contributed by atoms with E-state index in [-0.39, 0.29) is 10.8 Å². The van der Waals surface area contributed by atoms with E-state index in [9.17, 15) is 0 Å². The van der Waals surface area contributed by atoms with Crippen LogP contribution < -0.4 is 4.90 Å². The van der Waals surface area contributed by atoms with Crippen LogP contribution in [0.2, 0.25) is 0 Å². The lowest BCUT2D eigenvalue weighted by Crippen LogP contribution is -2.34. The van der Waals surface area contributed by atoms with Crippen LogP contribution >= 0.6 is 0 Å². The molecule has 1 aromatic heterocycles. The summed E-state index contributed by atoms with van der Waals surface area (Å²) in [4.78, 5) is 2.52. The minimum absolute atomic E-state index is 0.0374. The maximum Gasteiger partial charge on any atom is 0.135 e. The van der Waals surface area contributed by atoms with Gasteiger partial charge in [0, 0.05) is 27.7 Å². The smallest absolute Gasteiger partial charge is 0.135 e. The van der Waals surface area contributed by atoms with Crippen molar-refractivity contribution in [1.29, 1.82) is 0 Å². The lowest BCUT2D eigenvalue weighted by atomic mass is 9.61. The fraction of sp³-hybridized carbons (Fsp3) is 0.143. The first-order valence-electron chi connectivity index (χ1n) is 23.1. The molecule has 0 unspecified atom stereocenters. The number of hydrogen-bond donors (Lipinski definition) is 0. The Kier molecular flexibility index (Phi) is 8.94. The monoisotopic (exact) mass is 837 g/mol. The van der Waals surface area contributed by atoms with Gasteiger partial charge in [-0.1, -0.05) is 191 Å². The Morgan fingerprint density at radius 2 is 0.954 bits per heavy atom. The van der Waals surface area contributed by atoms with Crippen molar-refractivity contribution < 1.29 is 4.42 Å². The highest BCUT2D eigenvalue weighted by Crippen LogP contribution is 2.60. The van der Waals surface area contributed by atoms with E-state index in [4.69, 9.17) is 4.42 Å². The van der Waals surface area contributed by atoms with Crippen LogP contribution in [-0.2, 0) is 16.2 Å². The second-order valence-electron chi connectivity index (χ2n) is 19.5. The number of nitrogens with zero attached hydrogens (tertiary/aromatic N) is 1. The Bertz CT molecular complexity index is 3370. The normalized spacial score (nSPS) is 15.3. The SMILES string of the molecule is CC1(C)CCC(C)(C)c2c(-c3cc4c(cc3N(c3ccc(-c5ccccc5)cc3)c3ccc5oc6ccccc6c5c3)C(c3ccccc3)(c3ccccc3)c3ccccc3-4)cccc21. The van der Waals surface area contributed by atoms with Gasteiger partial charge in [-0.25, -0.2) is 0 Å². The highest BCUT2D eigenvalue weighted by atomic mass is 16.3. The van der Waals surface area contributed by atoms with Crippen LogP contribution in [0, 0.1) is 0 Å². The van der Waals surface area contributed by atoms with Gasteiger partial charge in [-0.15, -0.1) is 0 Å². The van der Waals surface area contributed by atoms with Crippen molar-refractivity contribution in [3.05, 3.63) is 246 Å². The molecule has 2 heteroatoms. The summed E-state index contributed by atoms with van der Waals surface area (Å²) in [6, 6.07) is 78.7. The summed E-state index contributed by atoms with van der Waals surface area (Å²) in [5.74, 6) is 0. The summed E-state index contributed by atoms with van der Waals surface area (Å²) in [7, 11) is 0. The van der Waals surface area contributed by atoms with Gasteiger partial charge in [0.25, 0.3) is 0 Å². The molecule has 0 radical (unpaired) electrons. The van der Waals surface area contributed by atoms with Crippen molar-refractivity contribution in [3.8, 4) is 33.4 Å². The van der Waals surface area contributed by atoms with Crippen molar-refractivity contribution in [2.45, 2.75) is 56.8 Å². The van der Waals surface area contributed by atoms with E-state index in [1.54, 1.807) is 0 Å². The number of anilines is 3. The summed E-state index contributed by atoms with van der Waals surface area (Å²) in [5, 5.41) is 2.21. The third-order valence-electron chi connectivity index (χ3n) is 14.8. The number of benzene rings is 9. The third-order valence-corrected chi connectivity index (χ3v) is 14.8. The molecule has 314 valence electrons. The van der Waals surface area contributed by atoms with Crippen LogP contribution in [0.3, 0.4) is 0 Å². The Labute approximate surface area is 382 Å². The van der Waals surface area contributed by atoms with Crippen LogP contribution in [-0.4, -0.2) is 0 Å². The Morgan fingerprint density at radius 1 is 0.385 bits per heavy atom. The first kappa shape index (κ1) is 39.2. The number of fused-ring (bicyclic) bond motifs is 7. The van der Waals surface area contributed by atoms with Gasteiger partial charge in [0.2, 0.25) is 0 Å². The van der Waals surface area contributed by atoms with E-state index in [1.165, 1.54) is 66.8 Å². The number of hydrogen-bond acceptors (Lipinski definition) is 2. The molecule has 0 amide bonds. The summed E-state index contributed by atoms with van der Waals surface area (Å²) in [5.41, 5.74) is 19.9. The first-order chi connectivity index (χ1) is 31.7. The van der Waals surface area contributed by atoms with Crippen LogP contribution in [0.25, 0.3) is 55.3 Å². The molecule has 0 bridgehead atoms. The molecule has 0 N–H and O–H groups in total. The molecule has 2 aliphatic carbocycles. The topological polar surface area (TPSA) is 16.4 Å². The summed E-state index contributed by atoms with van der Waals surface area (Å²) < 4.78 is 6.46. The lowest BCUT2D eigenvalue weighted by molar-refractivity contribution is 0.333. The molecule has 1 heterocycles. The zero-order valence-electron chi connectivity index (χ0n) is 37.5. The average molecular weight is 838 g/mol. The molecular formula is C63H51NO. The van der Waals surface area contributed by atoms with Crippen molar-refractivity contribution in [2.24, 2.45) is 0 Å². The zero-order chi connectivity index (χ0) is 43.9. The van der Waals surface area contributed by atoms with E-state index in [0.29, 0.717) is 0 Å². The van der Waals surface area contributed by atoms with Gasteiger partial charge in [0.15, 0.2) is 0 Å². The molecule has 12 rings (SSSR count). The molecule has 65 heavy (non-hydrogen) atoms. The van der Waals surface area contributed by atoms with Gasteiger partial charge >= 0.3 is 0 Å². The number of rotatable bonds is 7. The van der Waals surface area contributed by atoms with E-state index < -0.39 is 5.41 Å². The van der Waals surface area contributed by atoms with Crippen LogP contribution in [0.15, 0.2) is 217 Å². The van der Waals surface area contributed by atoms with Crippen LogP contribution in [0.4, 0.5) is 17.1 Å². The molecule has 0 saturated carbocycles. The predicted octanol–water partition coefficient (Wildman–Crippen LogP) is 17.1. The van der Waals surface area contributed by atoms with Gasteiger partial charge in [0.05, 0.1) is 11.1 Å². The van der Waals surface area contributed by atoms with Gasteiger partial charge in [-0.2, -0.15) is 0 Å². The molecule has 0 atom stereocenters. The summed E-state index contributed by atoms with van der Waals surface area (Å²) >= 11 is 0. The predicted molar refractivity (Wildman–Crippen MR) is 272 cm³/mol. The van der Waals surface area contributed by atoms with Gasteiger partial charge < -0.3 is 9.32 Å². The fourth-order valence-corrected chi connectivity index (χ4v) is 11.5. The van der Waals surface area contributed by atoms with Crippen molar-refractivity contribution in [2.75, 3.05) is 4.90 Å². The van der Waals surface area contributed by atoms with E-state index >= 15 is 0 Å². The maximum atomic E-state index is 6.46. The maximum absolute atomic E-state index is 6.46.